The average Bonchev–Trinajstić information content (AvgIpc) is 3.36. The first-order valence-corrected chi connectivity index (χ1v) is 14.2. The number of aromatic nitrogens is 4. The van der Waals surface area contributed by atoms with Gasteiger partial charge in [-0.2, -0.15) is 9.97 Å². The summed E-state index contributed by atoms with van der Waals surface area (Å²) in [4.78, 5) is 33.4. The van der Waals surface area contributed by atoms with Gasteiger partial charge in [0.15, 0.2) is 11.3 Å². The standard InChI is InChI=1S/C29H34ClN7O2/c1-4-23-32-25-26(28(38)37(23)22-12-6-9-19-8-5-11-21(30)24(19)22)33-29(39-17-20-10-7-14-35(20)3)34-27(25)36-15-13-31-16-18(36)2/h5-6,8-9,11-12,18,20,31H,4,7,10,13-17H2,1-3H3/t18-,20-/m0/s1. The van der Waals surface area contributed by atoms with Crippen LogP contribution in [0, 0.1) is 0 Å². The third kappa shape index (κ3) is 4.73. The van der Waals surface area contributed by atoms with Crippen LogP contribution in [0.5, 0.6) is 6.01 Å². The molecular weight excluding hydrogens is 514 g/mol. The molecule has 0 aliphatic carbocycles. The Morgan fingerprint density at radius 2 is 1.92 bits per heavy atom. The summed E-state index contributed by atoms with van der Waals surface area (Å²) in [5.74, 6) is 1.28. The van der Waals surface area contributed by atoms with Crippen molar-refractivity contribution in [3.63, 3.8) is 0 Å². The molecule has 0 radical (unpaired) electrons. The zero-order valence-electron chi connectivity index (χ0n) is 22.7. The fourth-order valence-corrected chi connectivity index (χ4v) is 6.09. The van der Waals surface area contributed by atoms with Gasteiger partial charge in [-0.05, 0) is 50.9 Å². The van der Waals surface area contributed by atoms with Crippen molar-refractivity contribution in [2.24, 2.45) is 0 Å². The Kier molecular flexibility index (Phi) is 7.14. The summed E-state index contributed by atoms with van der Waals surface area (Å²) in [6.07, 6.45) is 2.77. The second kappa shape index (κ2) is 10.7. The van der Waals surface area contributed by atoms with Crippen LogP contribution in [0.4, 0.5) is 5.82 Å². The number of piperazine rings is 1. The number of ether oxygens (including phenoxy) is 1. The molecule has 9 nitrogen and oxygen atoms in total. The van der Waals surface area contributed by atoms with Crippen LogP contribution in [0.3, 0.4) is 0 Å². The SMILES string of the molecule is CCc1nc2c(N3CCNC[C@@H]3C)nc(OC[C@@H]3CCCN3C)nc2c(=O)n1-c1cccc2cccc(Cl)c12. The van der Waals surface area contributed by atoms with E-state index < -0.39 is 0 Å². The smallest absolute Gasteiger partial charge is 0.319 e. The van der Waals surface area contributed by atoms with Gasteiger partial charge in [0.25, 0.3) is 5.56 Å². The van der Waals surface area contributed by atoms with E-state index in [1.54, 1.807) is 4.57 Å². The summed E-state index contributed by atoms with van der Waals surface area (Å²) in [6.45, 7) is 8.08. The topological polar surface area (TPSA) is 88.4 Å². The minimum atomic E-state index is -0.251. The highest BCUT2D eigenvalue weighted by molar-refractivity contribution is 6.36. The number of likely N-dealkylation sites (N-methyl/N-ethyl adjacent to an activating group) is 1. The minimum absolute atomic E-state index is 0.178. The van der Waals surface area contributed by atoms with Crippen LogP contribution in [0.25, 0.3) is 27.5 Å². The van der Waals surface area contributed by atoms with Gasteiger partial charge in [-0.1, -0.05) is 42.8 Å². The van der Waals surface area contributed by atoms with Crippen molar-refractivity contribution in [1.82, 2.24) is 29.7 Å². The third-order valence-electron chi connectivity index (χ3n) is 7.99. The Labute approximate surface area is 232 Å². The number of hydrogen-bond acceptors (Lipinski definition) is 8. The van der Waals surface area contributed by atoms with Gasteiger partial charge in [0.2, 0.25) is 0 Å². The normalized spacial score (nSPS) is 20.3. The molecule has 4 aromatic rings. The minimum Gasteiger partial charge on any atom is -0.462 e. The van der Waals surface area contributed by atoms with E-state index >= 15 is 0 Å². The van der Waals surface area contributed by atoms with Gasteiger partial charge < -0.3 is 19.9 Å². The van der Waals surface area contributed by atoms with Crippen molar-refractivity contribution in [2.45, 2.75) is 45.2 Å². The molecular formula is C29H34ClN7O2. The van der Waals surface area contributed by atoms with E-state index in [0.717, 1.165) is 49.8 Å². The monoisotopic (exact) mass is 547 g/mol. The van der Waals surface area contributed by atoms with Crippen LogP contribution in [0.1, 0.15) is 32.5 Å². The predicted octanol–water partition coefficient (Wildman–Crippen LogP) is 3.82. The lowest BCUT2D eigenvalue weighted by Gasteiger charge is -2.35. The van der Waals surface area contributed by atoms with Gasteiger partial charge in [0.1, 0.15) is 17.9 Å². The molecule has 10 heteroatoms. The molecule has 2 saturated heterocycles. The molecule has 2 atom stereocenters. The van der Waals surface area contributed by atoms with Gasteiger partial charge in [-0.15, -0.1) is 0 Å². The summed E-state index contributed by atoms with van der Waals surface area (Å²) >= 11 is 6.66. The van der Waals surface area contributed by atoms with E-state index in [4.69, 9.17) is 26.3 Å². The Morgan fingerprint density at radius 1 is 1.10 bits per heavy atom. The molecule has 2 aromatic heterocycles. The quantitative estimate of drug-likeness (QED) is 0.390. The van der Waals surface area contributed by atoms with Crippen LogP contribution in [-0.2, 0) is 6.42 Å². The highest BCUT2D eigenvalue weighted by atomic mass is 35.5. The van der Waals surface area contributed by atoms with Crippen molar-refractivity contribution in [2.75, 3.05) is 44.7 Å². The van der Waals surface area contributed by atoms with Gasteiger partial charge in [0.05, 0.1) is 10.7 Å². The van der Waals surface area contributed by atoms with Gasteiger partial charge in [0, 0.05) is 43.5 Å². The number of nitrogens with zero attached hydrogens (tertiary/aromatic N) is 6. The lowest BCUT2D eigenvalue weighted by atomic mass is 10.1. The second-order valence-electron chi connectivity index (χ2n) is 10.5. The van der Waals surface area contributed by atoms with Crippen LogP contribution in [0.2, 0.25) is 5.02 Å². The molecule has 6 rings (SSSR count). The first-order chi connectivity index (χ1) is 19.0. The number of anilines is 1. The van der Waals surface area contributed by atoms with Gasteiger partial charge >= 0.3 is 6.01 Å². The van der Waals surface area contributed by atoms with Crippen molar-refractivity contribution < 1.29 is 4.74 Å². The van der Waals surface area contributed by atoms with E-state index in [0.29, 0.717) is 46.9 Å². The second-order valence-corrected chi connectivity index (χ2v) is 10.9. The lowest BCUT2D eigenvalue weighted by molar-refractivity contribution is 0.188. The zero-order valence-corrected chi connectivity index (χ0v) is 23.4. The first kappa shape index (κ1) is 26.0. The zero-order chi connectivity index (χ0) is 27.1. The maximum atomic E-state index is 14.3. The summed E-state index contributed by atoms with van der Waals surface area (Å²) in [5, 5.41) is 5.78. The maximum absolute atomic E-state index is 14.3. The molecule has 4 heterocycles. The molecule has 0 spiro atoms. The third-order valence-corrected chi connectivity index (χ3v) is 8.30. The molecule has 1 N–H and O–H groups in total. The molecule has 2 fully saturated rings. The molecule has 0 saturated carbocycles. The van der Waals surface area contributed by atoms with Crippen LogP contribution in [-0.4, -0.2) is 76.3 Å². The molecule has 0 bridgehead atoms. The number of rotatable bonds is 6. The van der Waals surface area contributed by atoms with E-state index in [1.165, 1.54) is 0 Å². The van der Waals surface area contributed by atoms with E-state index in [9.17, 15) is 4.79 Å². The molecule has 2 aliphatic rings. The summed E-state index contributed by atoms with van der Waals surface area (Å²) in [5.41, 5.74) is 1.21. The molecule has 204 valence electrons. The van der Waals surface area contributed by atoms with Crippen molar-refractivity contribution in [3.8, 4) is 11.7 Å². The Bertz CT molecular complexity index is 1580. The maximum Gasteiger partial charge on any atom is 0.319 e. The molecule has 0 amide bonds. The van der Waals surface area contributed by atoms with E-state index in [1.807, 2.05) is 43.3 Å². The largest absolute Gasteiger partial charge is 0.462 e. The lowest BCUT2D eigenvalue weighted by Crippen LogP contribution is -2.50. The number of aryl methyl sites for hydroxylation is 1. The summed E-state index contributed by atoms with van der Waals surface area (Å²) in [6, 6.07) is 12.3. The first-order valence-electron chi connectivity index (χ1n) is 13.8. The van der Waals surface area contributed by atoms with E-state index in [2.05, 4.69) is 34.1 Å². The Balaban J connectivity index is 1.56. The van der Waals surface area contributed by atoms with Crippen molar-refractivity contribution >= 4 is 39.2 Å². The molecule has 39 heavy (non-hydrogen) atoms. The number of nitrogens with one attached hydrogen (secondary N) is 1. The van der Waals surface area contributed by atoms with Crippen molar-refractivity contribution in [1.29, 1.82) is 0 Å². The predicted molar refractivity (Wildman–Crippen MR) is 156 cm³/mol. The molecule has 0 unspecified atom stereocenters. The fraction of sp³-hybridized carbons (Fsp3) is 0.448. The summed E-state index contributed by atoms with van der Waals surface area (Å²) < 4.78 is 7.83. The Morgan fingerprint density at radius 3 is 2.67 bits per heavy atom. The van der Waals surface area contributed by atoms with Gasteiger partial charge in [-0.3, -0.25) is 9.36 Å². The number of halogens is 1. The van der Waals surface area contributed by atoms with Crippen LogP contribution in [0.15, 0.2) is 41.2 Å². The van der Waals surface area contributed by atoms with Gasteiger partial charge in [-0.25, -0.2) is 4.98 Å². The fourth-order valence-electron chi connectivity index (χ4n) is 5.81. The van der Waals surface area contributed by atoms with Crippen molar-refractivity contribution in [3.05, 3.63) is 57.6 Å². The highest BCUT2D eigenvalue weighted by Gasteiger charge is 2.28. The molecule has 2 aliphatic heterocycles. The number of hydrogen-bond donors (Lipinski definition) is 1. The number of fused-ring (bicyclic) bond motifs is 2. The number of benzene rings is 2. The number of likely N-dealkylation sites (tertiary alicyclic amines) is 1. The highest BCUT2D eigenvalue weighted by Crippen LogP contribution is 2.31. The average molecular weight is 548 g/mol. The Hall–Kier alpha value is -3.27. The van der Waals surface area contributed by atoms with E-state index in [-0.39, 0.29) is 23.1 Å². The van der Waals surface area contributed by atoms with Crippen LogP contribution >= 0.6 is 11.6 Å². The molecule has 2 aromatic carbocycles. The van der Waals surface area contributed by atoms with Crippen LogP contribution < -0.4 is 20.5 Å². The summed E-state index contributed by atoms with van der Waals surface area (Å²) in [7, 11) is 2.11.